The van der Waals surface area contributed by atoms with E-state index in [2.05, 4.69) is 0 Å². The molecule has 0 bridgehead atoms. The molecule has 0 spiro atoms. The predicted molar refractivity (Wildman–Crippen MR) is 57.6 cm³/mol. The molecule has 0 amide bonds. The third kappa shape index (κ3) is 3.38. The van der Waals surface area contributed by atoms with E-state index in [0.29, 0.717) is 13.0 Å². The molecular weight excluding hydrogens is 176 g/mol. The highest BCUT2D eigenvalue weighted by Gasteiger charge is 2.15. The Balaban J connectivity index is 2.84. The Morgan fingerprint density at radius 3 is 2.50 bits per heavy atom. The Morgan fingerprint density at radius 1 is 1.29 bits per heavy atom. The van der Waals surface area contributed by atoms with Crippen molar-refractivity contribution in [1.29, 1.82) is 0 Å². The number of aliphatic hydroxyl groups is 1. The molecule has 0 aliphatic rings. The highest BCUT2D eigenvalue weighted by atomic mass is 16.5. The van der Waals surface area contributed by atoms with Crippen molar-refractivity contribution in [1.82, 2.24) is 0 Å². The van der Waals surface area contributed by atoms with Crippen LogP contribution in [0.15, 0.2) is 24.3 Å². The van der Waals surface area contributed by atoms with Crippen LogP contribution in [0.25, 0.3) is 0 Å². The second-order valence-corrected chi connectivity index (χ2v) is 4.03. The van der Waals surface area contributed by atoms with Crippen molar-refractivity contribution in [3.63, 3.8) is 0 Å². The highest BCUT2D eigenvalue weighted by Crippen LogP contribution is 2.22. The normalized spacial score (nSPS) is 11.4. The smallest absolute Gasteiger partial charge is 0.122 e. The molecule has 1 rings (SSSR count). The van der Waals surface area contributed by atoms with E-state index in [1.54, 1.807) is 13.8 Å². The molecule has 0 unspecified atom stereocenters. The summed E-state index contributed by atoms with van der Waals surface area (Å²) in [5.41, 5.74) is 0.370. The number of hydrogen-bond acceptors (Lipinski definition) is 2. The monoisotopic (exact) mass is 194 g/mol. The lowest BCUT2D eigenvalue weighted by Gasteiger charge is -2.19. The quantitative estimate of drug-likeness (QED) is 0.797. The van der Waals surface area contributed by atoms with E-state index in [-0.39, 0.29) is 0 Å². The minimum absolute atomic E-state index is 0.614. The first-order valence-electron chi connectivity index (χ1n) is 4.96. The summed E-state index contributed by atoms with van der Waals surface area (Å²) in [6.45, 7) is 6.22. The van der Waals surface area contributed by atoms with Crippen molar-refractivity contribution in [2.24, 2.45) is 0 Å². The Hall–Kier alpha value is -1.02. The van der Waals surface area contributed by atoms with Crippen LogP contribution in [0.4, 0.5) is 0 Å². The summed E-state index contributed by atoms with van der Waals surface area (Å²) in [6, 6.07) is 7.83. The first-order chi connectivity index (χ1) is 6.53. The van der Waals surface area contributed by atoms with Gasteiger partial charge in [-0.15, -0.1) is 0 Å². The van der Waals surface area contributed by atoms with Crippen LogP contribution in [0.3, 0.4) is 0 Å². The summed E-state index contributed by atoms with van der Waals surface area (Å²) in [5.74, 6) is 0.872. The summed E-state index contributed by atoms with van der Waals surface area (Å²) in [6.07, 6.45) is 0.614. The first kappa shape index (κ1) is 11.1. The van der Waals surface area contributed by atoms with Crippen molar-refractivity contribution >= 4 is 0 Å². The van der Waals surface area contributed by atoms with Gasteiger partial charge < -0.3 is 9.84 Å². The van der Waals surface area contributed by atoms with E-state index in [9.17, 15) is 5.11 Å². The topological polar surface area (TPSA) is 29.5 Å². The number of benzene rings is 1. The fourth-order valence-corrected chi connectivity index (χ4v) is 1.41. The van der Waals surface area contributed by atoms with Gasteiger partial charge in [0.1, 0.15) is 5.75 Å². The van der Waals surface area contributed by atoms with E-state index in [0.717, 1.165) is 11.3 Å². The Kier molecular flexibility index (Phi) is 3.53. The zero-order valence-electron chi connectivity index (χ0n) is 9.08. The zero-order chi connectivity index (χ0) is 10.6. The van der Waals surface area contributed by atoms with Crippen LogP contribution in [0.5, 0.6) is 5.75 Å². The van der Waals surface area contributed by atoms with E-state index in [1.165, 1.54) is 0 Å². The van der Waals surface area contributed by atoms with E-state index in [4.69, 9.17) is 4.74 Å². The molecule has 0 aliphatic heterocycles. The van der Waals surface area contributed by atoms with Crippen molar-refractivity contribution < 1.29 is 9.84 Å². The third-order valence-corrected chi connectivity index (χ3v) is 1.90. The van der Waals surface area contributed by atoms with Crippen molar-refractivity contribution in [3.05, 3.63) is 29.8 Å². The molecule has 1 aromatic carbocycles. The summed E-state index contributed by atoms with van der Waals surface area (Å²) in [7, 11) is 0. The summed E-state index contributed by atoms with van der Waals surface area (Å²) in [5, 5.41) is 9.71. The van der Waals surface area contributed by atoms with Gasteiger partial charge in [-0.1, -0.05) is 18.2 Å². The second kappa shape index (κ2) is 4.47. The van der Waals surface area contributed by atoms with Gasteiger partial charge in [0, 0.05) is 6.42 Å². The van der Waals surface area contributed by atoms with Crippen molar-refractivity contribution in [2.75, 3.05) is 6.61 Å². The minimum Gasteiger partial charge on any atom is -0.494 e. The summed E-state index contributed by atoms with van der Waals surface area (Å²) >= 11 is 0. The standard InChI is InChI=1S/C12H18O2/c1-4-14-11-8-6-5-7-10(11)9-12(2,3)13/h5-8,13H,4,9H2,1-3H3. The molecule has 14 heavy (non-hydrogen) atoms. The molecule has 2 heteroatoms. The third-order valence-electron chi connectivity index (χ3n) is 1.90. The van der Waals surface area contributed by atoms with Crippen molar-refractivity contribution in [2.45, 2.75) is 32.8 Å². The van der Waals surface area contributed by atoms with E-state index >= 15 is 0 Å². The number of ether oxygens (including phenoxy) is 1. The fourth-order valence-electron chi connectivity index (χ4n) is 1.41. The van der Waals surface area contributed by atoms with Gasteiger partial charge in [0.15, 0.2) is 0 Å². The van der Waals surface area contributed by atoms with Crippen molar-refractivity contribution in [3.8, 4) is 5.75 Å². The lowest BCUT2D eigenvalue weighted by Crippen LogP contribution is -2.22. The molecule has 0 radical (unpaired) electrons. The largest absolute Gasteiger partial charge is 0.494 e. The average Bonchev–Trinajstić information content (AvgIpc) is 2.06. The summed E-state index contributed by atoms with van der Waals surface area (Å²) in [4.78, 5) is 0. The van der Waals surface area contributed by atoms with Crippen LogP contribution in [0, 0.1) is 0 Å². The molecular formula is C12H18O2. The minimum atomic E-state index is -0.687. The number of rotatable bonds is 4. The van der Waals surface area contributed by atoms with Crippen LogP contribution >= 0.6 is 0 Å². The molecule has 0 atom stereocenters. The van der Waals surface area contributed by atoms with Crippen LogP contribution in [0.2, 0.25) is 0 Å². The Labute approximate surface area is 85.5 Å². The molecule has 0 saturated heterocycles. The van der Waals surface area contributed by atoms with Gasteiger partial charge in [0.2, 0.25) is 0 Å². The lowest BCUT2D eigenvalue weighted by molar-refractivity contribution is 0.0801. The molecule has 2 nitrogen and oxygen atoms in total. The van der Waals surface area contributed by atoms with Crippen LogP contribution in [0.1, 0.15) is 26.3 Å². The van der Waals surface area contributed by atoms with Gasteiger partial charge in [0.25, 0.3) is 0 Å². The Bertz CT molecular complexity index is 287. The molecule has 0 fully saturated rings. The SMILES string of the molecule is CCOc1ccccc1CC(C)(C)O. The maximum atomic E-state index is 9.71. The molecule has 0 heterocycles. The first-order valence-corrected chi connectivity index (χ1v) is 4.96. The maximum absolute atomic E-state index is 9.71. The van der Waals surface area contributed by atoms with Gasteiger partial charge in [-0.2, -0.15) is 0 Å². The van der Waals surface area contributed by atoms with Gasteiger partial charge in [-0.3, -0.25) is 0 Å². The molecule has 1 aromatic rings. The van der Waals surface area contributed by atoms with E-state index in [1.807, 2.05) is 31.2 Å². The maximum Gasteiger partial charge on any atom is 0.122 e. The lowest BCUT2D eigenvalue weighted by atomic mass is 9.98. The van der Waals surface area contributed by atoms with Gasteiger partial charge in [-0.25, -0.2) is 0 Å². The fraction of sp³-hybridized carbons (Fsp3) is 0.500. The second-order valence-electron chi connectivity index (χ2n) is 4.03. The molecule has 0 aliphatic carbocycles. The number of hydrogen-bond donors (Lipinski definition) is 1. The Morgan fingerprint density at radius 2 is 1.93 bits per heavy atom. The molecule has 0 saturated carbocycles. The molecule has 1 N–H and O–H groups in total. The number of para-hydroxylation sites is 1. The van der Waals surface area contributed by atoms with Crippen LogP contribution < -0.4 is 4.74 Å². The van der Waals surface area contributed by atoms with E-state index < -0.39 is 5.60 Å². The van der Waals surface area contributed by atoms with Crippen LogP contribution in [-0.2, 0) is 6.42 Å². The summed E-state index contributed by atoms with van der Waals surface area (Å²) < 4.78 is 5.47. The zero-order valence-corrected chi connectivity index (χ0v) is 9.08. The molecule has 78 valence electrons. The van der Waals surface area contributed by atoms with Gasteiger partial charge in [0.05, 0.1) is 12.2 Å². The highest BCUT2D eigenvalue weighted by molar-refractivity contribution is 5.34. The average molecular weight is 194 g/mol. The van der Waals surface area contributed by atoms with Gasteiger partial charge >= 0.3 is 0 Å². The van der Waals surface area contributed by atoms with Crippen LogP contribution in [-0.4, -0.2) is 17.3 Å². The predicted octanol–water partition coefficient (Wildman–Crippen LogP) is 2.40. The molecule has 0 aromatic heterocycles. The van der Waals surface area contributed by atoms with Gasteiger partial charge in [-0.05, 0) is 32.4 Å².